The average molecular weight is 692 g/mol. The highest BCUT2D eigenvalue weighted by atomic mass is 16.5. The molecule has 5 aromatic rings. The second-order valence-corrected chi connectivity index (χ2v) is 12.3. The fourth-order valence-corrected chi connectivity index (χ4v) is 6.05. The van der Waals surface area contributed by atoms with Gasteiger partial charge < -0.3 is 30.8 Å². The summed E-state index contributed by atoms with van der Waals surface area (Å²) in [6.07, 6.45) is 8.22. The van der Waals surface area contributed by atoms with E-state index in [2.05, 4.69) is 36.3 Å². The standard InChI is InChI=1S/C37H42N10O4/c1-24(43-36(48)45-35-17-29-19-42-47(33(29)21-41-35)30-11-13-50-14-12-30)27-10-6-7-25(15-27)22-51-23-32(26-8-4-3-5-9-26)44-37(49)46-34-16-28(18-38)31(39-2)20-40-34/h3-10,15-21,24,30,32,38-39H,11-14,22-23H2,1-2H3,(H2,40,44,46,49)(H2,41,43,45,48)/p+1/t24-,32?/m1/s1. The second kappa shape index (κ2) is 16.8. The van der Waals surface area contributed by atoms with Gasteiger partial charge in [-0.25, -0.2) is 19.6 Å². The molecule has 2 atom stereocenters. The van der Waals surface area contributed by atoms with E-state index in [0.717, 1.165) is 59.3 Å². The van der Waals surface area contributed by atoms with E-state index in [1.54, 1.807) is 24.7 Å². The zero-order valence-corrected chi connectivity index (χ0v) is 28.6. The molecule has 1 aliphatic rings. The third kappa shape index (κ3) is 9.11. The van der Waals surface area contributed by atoms with Crippen LogP contribution in [0.15, 0.2) is 85.3 Å². The number of ether oxygens (including phenoxy) is 2. The molecule has 1 fully saturated rings. The van der Waals surface area contributed by atoms with Crippen LogP contribution >= 0.6 is 0 Å². The van der Waals surface area contributed by atoms with Crippen molar-refractivity contribution >= 4 is 46.5 Å². The summed E-state index contributed by atoms with van der Waals surface area (Å²) in [5.41, 5.74) is 5.11. The van der Waals surface area contributed by atoms with Crippen LogP contribution in [0.5, 0.6) is 0 Å². The summed E-state index contributed by atoms with van der Waals surface area (Å²) >= 11 is 0. The maximum absolute atomic E-state index is 13.0. The van der Waals surface area contributed by atoms with E-state index in [1.165, 1.54) is 6.21 Å². The van der Waals surface area contributed by atoms with Gasteiger partial charge in [0.1, 0.15) is 11.6 Å². The molecule has 1 aliphatic heterocycles. The van der Waals surface area contributed by atoms with E-state index < -0.39 is 12.1 Å². The summed E-state index contributed by atoms with van der Waals surface area (Å²) in [6, 6.07) is 19.6. The van der Waals surface area contributed by atoms with Crippen LogP contribution in [0.25, 0.3) is 10.9 Å². The van der Waals surface area contributed by atoms with Crippen molar-refractivity contribution < 1.29 is 24.4 Å². The van der Waals surface area contributed by atoms with Crippen molar-refractivity contribution in [3.63, 3.8) is 0 Å². The summed E-state index contributed by atoms with van der Waals surface area (Å²) in [7, 11) is 1.87. The molecule has 2 aromatic carbocycles. The highest BCUT2D eigenvalue weighted by molar-refractivity contribution is 5.92. The van der Waals surface area contributed by atoms with Crippen LogP contribution in [0.3, 0.4) is 0 Å². The van der Waals surface area contributed by atoms with Crippen LogP contribution in [0, 0.1) is 5.41 Å². The minimum Gasteiger partial charge on any atom is -0.381 e. The zero-order valence-electron chi connectivity index (χ0n) is 28.6. The predicted octanol–water partition coefficient (Wildman–Crippen LogP) is 4.96. The van der Waals surface area contributed by atoms with Gasteiger partial charge in [0.15, 0.2) is 5.69 Å². The number of amides is 4. The molecule has 4 heterocycles. The molecule has 14 heteroatoms. The Bertz CT molecular complexity index is 1960. The summed E-state index contributed by atoms with van der Waals surface area (Å²) in [5, 5.41) is 26.6. The van der Waals surface area contributed by atoms with Crippen molar-refractivity contribution in [2.24, 2.45) is 0 Å². The van der Waals surface area contributed by atoms with Crippen LogP contribution in [0.4, 0.5) is 26.9 Å². The van der Waals surface area contributed by atoms with E-state index in [-0.39, 0.29) is 24.7 Å². The molecule has 7 N–H and O–H groups in total. The van der Waals surface area contributed by atoms with Gasteiger partial charge in [-0.3, -0.25) is 15.3 Å². The number of hydrogen-bond donors (Lipinski definition) is 6. The van der Waals surface area contributed by atoms with Crippen LogP contribution in [-0.2, 0) is 16.1 Å². The smallest absolute Gasteiger partial charge is 0.320 e. The quantitative estimate of drug-likeness (QED) is 0.0943. The molecule has 0 radical (unpaired) electrons. The first-order chi connectivity index (χ1) is 24.9. The molecule has 6 rings (SSSR count). The summed E-state index contributed by atoms with van der Waals surface area (Å²) in [5.74, 6) is 0.782. The van der Waals surface area contributed by atoms with Gasteiger partial charge in [0.05, 0.1) is 68.1 Å². The van der Waals surface area contributed by atoms with Gasteiger partial charge in [-0.15, -0.1) is 0 Å². The van der Waals surface area contributed by atoms with E-state index in [4.69, 9.17) is 14.9 Å². The number of nitrogens with one attached hydrogen (secondary N) is 5. The fraction of sp³-hybridized carbons (Fsp3) is 0.297. The van der Waals surface area contributed by atoms with Gasteiger partial charge in [-0.1, -0.05) is 54.6 Å². The molecular weight excluding hydrogens is 648 g/mol. The second-order valence-electron chi connectivity index (χ2n) is 12.3. The largest absolute Gasteiger partial charge is 0.381 e. The first-order valence-electron chi connectivity index (χ1n) is 17.0. The highest BCUT2D eigenvalue weighted by Crippen LogP contribution is 2.26. The van der Waals surface area contributed by atoms with Crippen molar-refractivity contribution in [2.75, 3.05) is 37.5 Å². The number of benzene rings is 2. The molecule has 4 amide bonds. The minimum absolute atomic E-state index is 0.214. The van der Waals surface area contributed by atoms with Crippen molar-refractivity contribution in [3.05, 3.63) is 108 Å². The molecule has 14 nitrogen and oxygen atoms in total. The molecule has 51 heavy (non-hydrogen) atoms. The molecule has 0 aliphatic carbocycles. The minimum atomic E-state index is -0.440. The fourth-order valence-electron chi connectivity index (χ4n) is 6.05. The molecule has 0 spiro atoms. The number of carbonyl (C=O) groups is 2. The number of quaternary nitrogens is 1. The van der Waals surface area contributed by atoms with Crippen LogP contribution < -0.4 is 26.6 Å². The Morgan fingerprint density at radius 1 is 0.961 bits per heavy atom. The number of aromatic nitrogens is 4. The Balaban J connectivity index is 1.02. The lowest BCUT2D eigenvalue weighted by Crippen LogP contribution is -2.73. The predicted molar refractivity (Wildman–Crippen MR) is 194 cm³/mol. The van der Waals surface area contributed by atoms with Crippen molar-refractivity contribution in [2.45, 2.75) is 44.5 Å². The summed E-state index contributed by atoms with van der Waals surface area (Å²) < 4.78 is 13.6. The highest BCUT2D eigenvalue weighted by Gasteiger charge is 2.20. The first-order valence-corrected chi connectivity index (χ1v) is 17.0. The number of rotatable bonds is 13. The van der Waals surface area contributed by atoms with Crippen molar-refractivity contribution in [1.29, 1.82) is 5.41 Å². The zero-order chi connectivity index (χ0) is 35.6. The van der Waals surface area contributed by atoms with Gasteiger partial charge in [-0.05, 0) is 48.6 Å². The number of urea groups is 2. The number of nitrogens with two attached hydrogens (primary N) is 1. The third-order valence-electron chi connectivity index (χ3n) is 8.80. The summed E-state index contributed by atoms with van der Waals surface area (Å²) in [4.78, 5) is 34.7. The van der Waals surface area contributed by atoms with E-state index in [1.807, 2.05) is 84.6 Å². The van der Waals surface area contributed by atoms with E-state index in [9.17, 15) is 9.59 Å². The molecular formula is C37H43N10O4+. The molecule has 1 unspecified atom stereocenters. The van der Waals surface area contributed by atoms with Crippen LogP contribution in [0.2, 0.25) is 0 Å². The Morgan fingerprint density at radius 2 is 1.69 bits per heavy atom. The maximum atomic E-state index is 13.0. The monoisotopic (exact) mass is 691 g/mol. The van der Waals surface area contributed by atoms with Gasteiger partial charge in [0.2, 0.25) is 0 Å². The van der Waals surface area contributed by atoms with Gasteiger partial charge in [0, 0.05) is 24.8 Å². The Hall–Kier alpha value is -5.70. The molecule has 0 saturated carbocycles. The molecule has 264 valence electrons. The number of hydrogen-bond acceptors (Lipinski definition) is 8. The Kier molecular flexibility index (Phi) is 11.6. The average Bonchev–Trinajstić information content (AvgIpc) is 3.58. The molecule has 0 bridgehead atoms. The van der Waals surface area contributed by atoms with Gasteiger partial charge in [0.25, 0.3) is 0 Å². The Labute approximate surface area is 295 Å². The van der Waals surface area contributed by atoms with Crippen molar-refractivity contribution in [3.8, 4) is 0 Å². The Morgan fingerprint density at radius 3 is 2.45 bits per heavy atom. The lowest BCUT2D eigenvalue weighted by molar-refractivity contribution is -0.539. The lowest BCUT2D eigenvalue weighted by atomic mass is 10.1. The van der Waals surface area contributed by atoms with Gasteiger partial charge >= 0.3 is 12.1 Å². The van der Waals surface area contributed by atoms with Crippen molar-refractivity contribution in [1.82, 2.24) is 30.4 Å². The van der Waals surface area contributed by atoms with E-state index >= 15 is 0 Å². The lowest BCUT2D eigenvalue weighted by Gasteiger charge is -2.23. The molecule has 1 saturated heterocycles. The number of anilines is 2. The topological polar surface area (TPSA) is 185 Å². The molecule has 3 aromatic heterocycles. The van der Waals surface area contributed by atoms with Crippen LogP contribution in [-0.4, -0.2) is 64.9 Å². The van der Waals surface area contributed by atoms with Gasteiger partial charge in [-0.2, -0.15) is 5.10 Å². The normalized spacial score (nSPS) is 14.4. The SMILES string of the molecule is C[NH2+]c1cnc(NC(=O)NC(COCc2cccc([C@@H](C)NC(=O)Nc3cc4cnn(C5CCOCC5)c4cn3)c2)c2ccccc2)cc1C=N. The maximum Gasteiger partial charge on any atom is 0.320 e. The first kappa shape index (κ1) is 35.1. The van der Waals surface area contributed by atoms with E-state index in [0.29, 0.717) is 23.8 Å². The summed E-state index contributed by atoms with van der Waals surface area (Å²) in [6.45, 7) is 3.87. The number of nitrogens with zero attached hydrogens (tertiary/aromatic N) is 4. The van der Waals surface area contributed by atoms with Crippen LogP contribution in [0.1, 0.15) is 60.1 Å². The third-order valence-corrected chi connectivity index (χ3v) is 8.80. The number of pyridine rings is 2. The number of fused-ring (bicyclic) bond motifs is 1. The number of carbonyl (C=O) groups excluding carboxylic acids is 2.